The van der Waals surface area contributed by atoms with Gasteiger partial charge in [0.2, 0.25) is 5.95 Å². The van der Waals surface area contributed by atoms with Crippen LogP contribution >= 0.6 is 0 Å². The fraction of sp³-hybridized carbons (Fsp3) is 0.630. The van der Waals surface area contributed by atoms with Gasteiger partial charge in [0.25, 0.3) is 0 Å². The topological polar surface area (TPSA) is 73.5 Å². The molecule has 1 aromatic heterocycles. The second kappa shape index (κ2) is 12.4. The van der Waals surface area contributed by atoms with Crippen molar-refractivity contribution in [3.8, 4) is 0 Å². The predicted octanol–water partition coefficient (Wildman–Crippen LogP) is 4.26. The Morgan fingerprint density at radius 1 is 1.06 bits per heavy atom. The normalized spacial score (nSPS) is 15.2. The molecule has 0 saturated carbocycles. The van der Waals surface area contributed by atoms with Crippen molar-refractivity contribution in [3.63, 3.8) is 0 Å². The van der Waals surface area contributed by atoms with E-state index in [4.69, 9.17) is 5.73 Å². The minimum atomic E-state index is 0.184. The van der Waals surface area contributed by atoms with Crippen molar-refractivity contribution in [3.05, 3.63) is 41.6 Å². The molecule has 3 N–H and O–H groups in total. The first kappa shape index (κ1) is 26.2. The van der Waals surface area contributed by atoms with Crippen LogP contribution in [0.4, 0.5) is 17.5 Å². The molecule has 0 bridgehead atoms. The number of anilines is 3. The summed E-state index contributed by atoms with van der Waals surface area (Å²) in [6.45, 7) is 16.3. The molecule has 1 aliphatic rings. The van der Waals surface area contributed by atoms with Gasteiger partial charge in [0, 0.05) is 62.3 Å². The van der Waals surface area contributed by atoms with E-state index in [1.54, 1.807) is 0 Å². The lowest BCUT2D eigenvalue weighted by molar-refractivity contribution is 0.167. The van der Waals surface area contributed by atoms with Gasteiger partial charge in [-0.15, -0.1) is 0 Å². The molecule has 188 valence electrons. The number of piperazine rings is 1. The monoisotopic (exact) mass is 467 g/mol. The van der Waals surface area contributed by atoms with Crippen LogP contribution in [-0.2, 0) is 13.0 Å². The van der Waals surface area contributed by atoms with Gasteiger partial charge in [0.15, 0.2) is 0 Å². The molecule has 2 heterocycles. The van der Waals surface area contributed by atoms with Gasteiger partial charge in [-0.25, -0.2) is 4.98 Å². The maximum absolute atomic E-state index is 5.81. The molecule has 1 aliphatic heterocycles. The van der Waals surface area contributed by atoms with Crippen molar-refractivity contribution in [1.82, 2.24) is 19.8 Å². The summed E-state index contributed by atoms with van der Waals surface area (Å²) in [6.07, 6.45) is 6.25. The van der Waals surface area contributed by atoms with Crippen LogP contribution in [0, 0.1) is 0 Å². The van der Waals surface area contributed by atoms with Gasteiger partial charge in [-0.3, -0.25) is 9.80 Å². The van der Waals surface area contributed by atoms with Crippen LogP contribution in [-0.4, -0.2) is 71.6 Å². The highest BCUT2D eigenvalue weighted by atomic mass is 15.3. The predicted molar refractivity (Wildman–Crippen MR) is 144 cm³/mol. The Morgan fingerprint density at radius 3 is 2.41 bits per heavy atom. The Hall–Kier alpha value is -2.38. The van der Waals surface area contributed by atoms with Crippen molar-refractivity contribution in [2.45, 2.75) is 65.5 Å². The molecule has 1 fully saturated rings. The zero-order chi connectivity index (χ0) is 24.6. The molecule has 34 heavy (non-hydrogen) atoms. The molecular formula is C27H45N7. The van der Waals surface area contributed by atoms with Crippen LogP contribution in [0.5, 0.6) is 0 Å². The molecule has 0 unspecified atom stereocenters. The molecule has 1 aromatic carbocycles. The highest BCUT2D eigenvalue weighted by Gasteiger charge is 2.19. The Labute approximate surface area is 206 Å². The Kier molecular flexibility index (Phi) is 9.54. The number of hydrogen-bond acceptors (Lipinski definition) is 7. The number of hydrogen-bond donors (Lipinski definition) is 2. The number of rotatable bonds is 11. The van der Waals surface area contributed by atoms with Crippen LogP contribution in [0.2, 0.25) is 0 Å². The third-order valence-electron chi connectivity index (χ3n) is 6.87. The molecule has 1 saturated heterocycles. The van der Waals surface area contributed by atoms with Gasteiger partial charge >= 0.3 is 0 Å². The van der Waals surface area contributed by atoms with E-state index >= 15 is 0 Å². The number of benzene rings is 1. The molecular weight excluding hydrogens is 422 g/mol. The maximum atomic E-state index is 5.81. The van der Waals surface area contributed by atoms with E-state index in [2.05, 4.69) is 89.0 Å². The first-order valence-corrected chi connectivity index (χ1v) is 12.9. The number of nitrogens with zero attached hydrogens (tertiary/aromatic N) is 5. The highest BCUT2D eigenvalue weighted by Crippen LogP contribution is 2.21. The lowest BCUT2D eigenvalue weighted by atomic mass is 10.1. The zero-order valence-corrected chi connectivity index (χ0v) is 22.0. The summed E-state index contributed by atoms with van der Waals surface area (Å²) in [6, 6.07) is 9.14. The van der Waals surface area contributed by atoms with Crippen LogP contribution < -0.4 is 16.0 Å². The maximum Gasteiger partial charge on any atom is 0.221 e. The highest BCUT2D eigenvalue weighted by molar-refractivity contribution is 5.48. The van der Waals surface area contributed by atoms with Gasteiger partial charge in [-0.2, -0.15) is 4.98 Å². The Balaban J connectivity index is 1.43. The van der Waals surface area contributed by atoms with Crippen molar-refractivity contribution in [2.24, 2.45) is 0 Å². The lowest BCUT2D eigenvalue weighted by Crippen LogP contribution is -2.46. The van der Waals surface area contributed by atoms with E-state index in [9.17, 15) is 0 Å². The van der Waals surface area contributed by atoms with E-state index in [1.807, 2.05) is 6.20 Å². The summed E-state index contributed by atoms with van der Waals surface area (Å²) in [5, 5.41) is 3.43. The van der Waals surface area contributed by atoms with E-state index < -0.39 is 0 Å². The Bertz CT molecular complexity index is 868. The molecule has 0 amide bonds. The molecule has 0 radical (unpaired) electrons. The SMILES string of the molecule is CCCCNc1nc(N)ncc1CCCN1CCN(c2ccc(CN(C)C(C)(C)C)cc2)CC1. The minimum absolute atomic E-state index is 0.184. The van der Waals surface area contributed by atoms with Crippen LogP contribution in [0.1, 0.15) is 58.1 Å². The lowest BCUT2D eigenvalue weighted by Gasteiger charge is -2.36. The van der Waals surface area contributed by atoms with Gasteiger partial charge < -0.3 is 16.0 Å². The molecule has 3 rings (SSSR count). The van der Waals surface area contributed by atoms with Gasteiger partial charge in [0.05, 0.1) is 0 Å². The minimum Gasteiger partial charge on any atom is -0.370 e. The summed E-state index contributed by atoms with van der Waals surface area (Å²) in [7, 11) is 2.19. The molecule has 7 heteroatoms. The van der Waals surface area contributed by atoms with E-state index in [1.165, 1.54) is 16.8 Å². The number of aryl methyl sites for hydroxylation is 1. The quantitative estimate of drug-likeness (QED) is 0.479. The average Bonchev–Trinajstić information content (AvgIpc) is 2.81. The summed E-state index contributed by atoms with van der Waals surface area (Å²) >= 11 is 0. The standard InChI is InChI=1S/C27H45N7/c1-6-7-14-29-25-23(20-30-26(28)31-25)9-8-15-33-16-18-34(19-17-33)24-12-10-22(11-13-24)21-32(5)27(2,3)4/h10-13,20H,6-9,14-19,21H2,1-5H3,(H3,28,29,30,31). The number of nitrogen functional groups attached to an aromatic ring is 1. The fourth-order valence-electron chi connectivity index (χ4n) is 4.19. The smallest absolute Gasteiger partial charge is 0.221 e. The Morgan fingerprint density at radius 2 is 1.76 bits per heavy atom. The number of nitrogens with one attached hydrogen (secondary N) is 1. The summed E-state index contributed by atoms with van der Waals surface area (Å²) in [5.74, 6) is 1.25. The van der Waals surface area contributed by atoms with Gasteiger partial charge in [0.1, 0.15) is 5.82 Å². The second-order valence-corrected chi connectivity index (χ2v) is 10.5. The number of nitrogens with two attached hydrogens (primary N) is 1. The van der Waals surface area contributed by atoms with E-state index in [-0.39, 0.29) is 5.54 Å². The van der Waals surface area contributed by atoms with Crippen LogP contribution in [0.3, 0.4) is 0 Å². The van der Waals surface area contributed by atoms with Gasteiger partial charge in [-0.1, -0.05) is 25.5 Å². The van der Waals surface area contributed by atoms with Crippen LogP contribution in [0.15, 0.2) is 30.5 Å². The van der Waals surface area contributed by atoms with Crippen LogP contribution in [0.25, 0.3) is 0 Å². The van der Waals surface area contributed by atoms with Crippen molar-refractivity contribution in [1.29, 1.82) is 0 Å². The largest absolute Gasteiger partial charge is 0.370 e. The van der Waals surface area contributed by atoms with E-state index in [0.29, 0.717) is 5.95 Å². The first-order chi connectivity index (χ1) is 16.3. The molecule has 0 aliphatic carbocycles. The van der Waals surface area contributed by atoms with Crippen molar-refractivity contribution in [2.75, 3.05) is 62.3 Å². The third-order valence-corrected chi connectivity index (χ3v) is 6.87. The first-order valence-electron chi connectivity index (χ1n) is 12.9. The van der Waals surface area contributed by atoms with E-state index in [0.717, 1.165) is 77.3 Å². The molecule has 0 spiro atoms. The zero-order valence-electron chi connectivity index (χ0n) is 22.0. The van der Waals surface area contributed by atoms with Gasteiger partial charge in [-0.05, 0) is 71.3 Å². The number of aromatic nitrogens is 2. The molecule has 7 nitrogen and oxygen atoms in total. The summed E-state index contributed by atoms with van der Waals surface area (Å²) in [4.78, 5) is 16.1. The molecule has 0 atom stereocenters. The number of unbranched alkanes of at least 4 members (excludes halogenated alkanes) is 1. The fourth-order valence-corrected chi connectivity index (χ4v) is 4.19. The molecule has 2 aromatic rings. The summed E-state index contributed by atoms with van der Waals surface area (Å²) < 4.78 is 0. The van der Waals surface area contributed by atoms with Crippen molar-refractivity contribution < 1.29 is 0 Å². The summed E-state index contributed by atoms with van der Waals surface area (Å²) in [5.41, 5.74) is 9.87. The average molecular weight is 468 g/mol. The third kappa shape index (κ3) is 7.84. The van der Waals surface area contributed by atoms with Crippen molar-refractivity contribution >= 4 is 17.5 Å². The second-order valence-electron chi connectivity index (χ2n) is 10.5.